The summed E-state index contributed by atoms with van der Waals surface area (Å²) < 4.78 is 0. The van der Waals surface area contributed by atoms with E-state index in [0.29, 0.717) is 11.9 Å². The molecule has 0 aliphatic heterocycles. The standard InChI is InChI=1S/C18H25N3O2.2C2H6/c1-4-13-7-8-16-14(11-13)17(22)15(12-20-16)18(23)19-9-10-21(5-2)6-3;2*1-2/h7-8,11-12H,4-6,9-10H2,1-3H3,(H,19,23)(H,20,22);2*1-2H3. The highest BCUT2D eigenvalue weighted by atomic mass is 16.2. The van der Waals surface area contributed by atoms with Crippen LogP contribution < -0.4 is 10.7 Å². The third-order valence-corrected chi connectivity index (χ3v) is 4.21. The van der Waals surface area contributed by atoms with Gasteiger partial charge in [0.15, 0.2) is 0 Å². The number of H-pyrrole nitrogens is 1. The SMILES string of the molecule is CC.CC.CCc1ccc2[nH]cc(C(=O)NCCN(CC)CC)c(=O)c2c1. The zero-order chi connectivity index (χ0) is 20.8. The van der Waals surface area contributed by atoms with Crippen LogP contribution in [0.4, 0.5) is 0 Å². The summed E-state index contributed by atoms with van der Waals surface area (Å²) in [6.07, 6.45) is 2.36. The van der Waals surface area contributed by atoms with Crippen molar-refractivity contribution in [3.05, 3.63) is 45.7 Å². The van der Waals surface area contributed by atoms with Crippen molar-refractivity contribution in [2.75, 3.05) is 26.2 Å². The molecule has 0 saturated heterocycles. The Morgan fingerprint density at radius 1 is 1.07 bits per heavy atom. The van der Waals surface area contributed by atoms with Gasteiger partial charge in [-0.3, -0.25) is 9.59 Å². The third kappa shape index (κ3) is 7.18. The van der Waals surface area contributed by atoms with Crippen LogP contribution in [0.1, 0.15) is 64.4 Å². The normalized spacial score (nSPS) is 9.93. The maximum absolute atomic E-state index is 12.6. The van der Waals surface area contributed by atoms with E-state index in [2.05, 4.69) is 29.0 Å². The smallest absolute Gasteiger partial charge is 0.256 e. The van der Waals surface area contributed by atoms with Gasteiger partial charge in [0.2, 0.25) is 5.43 Å². The number of aryl methyl sites for hydroxylation is 1. The van der Waals surface area contributed by atoms with Crippen LogP contribution in [0.2, 0.25) is 0 Å². The Bertz CT molecular complexity index is 734. The quantitative estimate of drug-likeness (QED) is 0.762. The van der Waals surface area contributed by atoms with Crippen molar-refractivity contribution >= 4 is 16.8 Å². The Hall–Kier alpha value is -2.14. The molecule has 1 aromatic carbocycles. The molecule has 0 aliphatic carbocycles. The molecule has 2 rings (SSSR count). The van der Waals surface area contributed by atoms with Crippen molar-refractivity contribution in [1.82, 2.24) is 15.2 Å². The Morgan fingerprint density at radius 3 is 2.26 bits per heavy atom. The van der Waals surface area contributed by atoms with E-state index in [-0.39, 0.29) is 16.9 Å². The van der Waals surface area contributed by atoms with Gasteiger partial charge in [0.1, 0.15) is 5.56 Å². The fourth-order valence-electron chi connectivity index (χ4n) is 2.62. The van der Waals surface area contributed by atoms with Gasteiger partial charge in [-0.25, -0.2) is 0 Å². The van der Waals surface area contributed by atoms with Crippen molar-refractivity contribution in [3.63, 3.8) is 0 Å². The number of aromatic amines is 1. The summed E-state index contributed by atoms with van der Waals surface area (Å²) in [7, 11) is 0. The molecule has 0 saturated carbocycles. The molecule has 0 spiro atoms. The van der Waals surface area contributed by atoms with E-state index in [1.807, 2.05) is 52.8 Å². The fourth-order valence-corrected chi connectivity index (χ4v) is 2.62. The predicted molar refractivity (Wildman–Crippen MR) is 117 cm³/mol. The van der Waals surface area contributed by atoms with Crippen molar-refractivity contribution < 1.29 is 4.79 Å². The fraction of sp³-hybridized carbons (Fsp3) is 0.545. The summed E-state index contributed by atoms with van der Waals surface area (Å²) in [4.78, 5) is 30.1. The van der Waals surface area contributed by atoms with Crippen LogP contribution in [0, 0.1) is 0 Å². The summed E-state index contributed by atoms with van der Waals surface area (Å²) in [6.45, 7) is 17.4. The summed E-state index contributed by atoms with van der Waals surface area (Å²) in [5, 5.41) is 3.40. The molecule has 2 aromatic rings. The van der Waals surface area contributed by atoms with Crippen LogP contribution in [0.15, 0.2) is 29.2 Å². The summed E-state index contributed by atoms with van der Waals surface area (Å²) in [5.74, 6) is -0.317. The number of fused-ring (bicyclic) bond motifs is 1. The monoisotopic (exact) mass is 375 g/mol. The first-order valence-corrected chi connectivity index (χ1v) is 10.3. The lowest BCUT2D eigenvalue weighted by Gasteiger charge is -2.17. The van der Waals surface area contributed by atoms with Crippen molar-refractivity contribution in [2.24, 2.45) is 0 Å². The maximum atomic E-state index is 12.6. The highest BCUT2D eigenvalue weighted by molar-refractivity contribution is 5.97. The third-order valence-electron chi connectivity index (χ3n) is 4.21. The number of hydrogen-bond donors (Lipinski definition) is 2. The number of rotatable bonds is 7. The van der Waals surface area contributed by atoms with Crippen molar-refractivity contribution in [1.29, 1.82) is 0 Å². The van der Waals surface area contributed by atoms with E-state index < -0.39 is 0 Å². The first-order chi connectivity index (χ1) is 13.1. The lowest BCUT2D eigenvalue weighted by atomic mass is 10.1. The molecule has 5 heteroatoms. The average molecular weight is 376 g/mol. The molecule has 1 heterocycles. The van der Waals surface area contributed by atoms with Crippen LogP contribution in [0.5, 0.6) is 0 Å². The van der Waals surface area contributed by atoms with E-state index >= 15 is 0 Å². The van der Waals surface area contributed by atoms with Crippen LogP contribution in [-0.4, -0.2) is 42.0 Å². The Labute approximate surface area is 164 Å². The number of pyridine rings is 1. The summed E-state index contributed by atoms with van der Waals surface area (Å²) in [5.41, 5.74) is 1.80. The molecule has 5 nitrogen and oxygen atoms in total. The summed E-state index contributed by atoms with van der Waals surface area (Å²) >= 11 is 0. The van der Waals surface area contributed by atoms with Crippen LogP contribution in [0.25, 0.3) is 10.9 Å². The zero-order valence-electron chi connectivity index (χ0n) is 18.1. The number of carbonyl (C=O) groups excluding carboxylic acids is 1. The van der Waals surface area contributed by atoms with Gasteiger partial charge in [-0.1, -0.05) is 54.5 Å². The van der Waals surface area contributed by atoms with Crippen LogP contribution >= 0.6 is 0 Å². The minimum Gasteiger partial charge on any atom is -0.360 e. The number of nitrogens with one attached hydrogen (secondary N) is 2. The lowest BCUT2D eigenvalue weighted by molar-refractivity contribution is 0.0947. The summed E-state index contributed by atoms with van der Waals surface area (Å²) in [6, 6.07) is 5.74. The molecule has 0 fully saturated rings. The number of hydrogen-bond acceptors (Lipinski definition) is 3. The van der Waals surface area contributed by atoms with Gasteiger partial charge in [-0.2, -0.15) is 0 Å². The first-order valence-electron chi connectivity index (χ1n) is 10.3. The van der Waals surface area contributed by atoms with Gasteiger partial charge in [0.05, 0.1) is 0 Å². The van der Waals surface area contributed by atoms with Crippen molar-refractivity contribution in [3.8, 4) is 0 Å². The number of benzene rings is 1. The molecule has 0 radical (unpaired) electrons. The molecule has 152 valence electrons. The lowest BCUT2D eigenvalue weighted by Crippen LogP contribution is -2.36. The van der Waals surface area contributed by atoms with Gasteiger partial charge < -0.3 is 15.2 Å². The predicted octanol–water partition coefficient (Wildman–Crippen LogP) is 4.21. The van der Waals surface area contributed by atoms with E-state index in [1.165, 1.54) is 6.20 Å². The minimum absolute atomic E-state index is 0.172. The Kier molecular flexibility index (Phi) is 12.9. The highest BCUT2D eigenvalue weighted by Crippen LogP contribution is 2.11. The minimum atomic E-state index is -0.317. The molecular weight excluding hydrogens is 338 g/mol. The topological polar surface area (TPSA) is 65.2 Å². The second-order valence-electron chi connectivity index (χ2n) is 5.55. The highest BCUT2D eigenvalue weighted by Gasteiger charge is 2.13. The van der Waals surface area contributed by atoms with E-state index in [1.54, 1.807) is 0 Å². The number of carbonyl (C=O) groups is 1. The average Bonchev–Trinajstić information content (AvgIpc) is 2.74. The van der Waals surface area contributed by atoms with E-state index in [4.69, 9.17) is 0 Å². The van der Waals surface area contributed by atoms with Crippen LogP contribution in [0.3, 0.4) is 0 Å². The van der Waals surface area contributed by atoms with Gasteiger partial charge >= 0.3 is 0 Å². The van der Waals surface area contributed by atoms with Crippen LogP contribution in [-0.2, 0) is 6.42 Å². The van der Waals surface area contributed by atoms with Gasteiger partial charge in [-0.05, 0) is 37.2 Å². The molecule has 1 aromatic heterocycles. The second-order valence-corrected chi connectivity index (χ2v) is 5.55. The first kappa shape index (κ1) is 24.9. The Balaban J connectivity index is 0.00000158. The molecule has 0 aliphatic rings. The number of aromatic nitrogens is 1. The number of amides is 1. The molecular formula is C22H37N3O2. The molecule has 0 bridgehead atoms. The maximum Gasteiger partial charge on any atom is 0.256 e. The van der Waals surface area contributed by atoms with E-state index in [0.717, 1.165) is 37.1 Å². The zero-order valence-corrected chi connectivity index (χ0v) is 18.1. The van der Waals surface area contributed by atoms with Gasteiger partial charge in [0, 0.05) is 30.2 Å². The van der Waals surface area contributed by atoms with Gasteiger partial charge in [-0.15, -0.1) is 0 Å². The molecule has 1 amide bonds. The second kappa shape index (κ2) is 14.0. The number of nitrogens with zero attached hydrogens (tertiary/aromatic N) is 1. The van der Waals surface area contributed by atoms with Gasteiger partial charge in [0.25, 0.3) is 5.91 Å². The van der Waals surface area contributed by atoms with E-state index in [9.17, 15) is 9.59 Å². The molecule has 27 heavy (non-hydrogen) atoms. The van der Waals surface area contributed by atoms with Crippen molar-refractivity contribution in [2.45, 2.75) is 54.9 Å². The Morgan fingerprint density at radius 2 is 1.70 bits per heavy atom. The number of likely N-dealkylation sites (N-methyl/N-ethyl adjacent to an activating group) is 1. The molecule has 2 N–H and O–H groups in total. The molecule has 0 unspecified atom stereocenters. The molecule has 0 atom stereocenters. The largest absolute Gasteiger partial charge is 0.360 e.